The second-order valence-electron chi connectivity index (χ2n) is 16.6. The van der Waals surface area contributed by atoms with Gasteiger partial charge in [-0.05, 0) is 149 Å². The van der Waals surface area contributed by atoms with Crippen molar-refractivity contribution in [1.29, 1.82) is 0 Å². The van der Waals surface area contributed by atoms with Crippen molar-refractivity contribution in [2.24, 2.45) is 0 Å². The molecule has 4 aromatic rings. The molecule has 59 heavy (non-hydrogen) atoms. The SMILES string of the molecule is CN1CCCC(NC(=O)c2ccc(C(F)(F)F)cc2C2CC2)(c2ccccc2)C1.CN1CCC[C@](NC(=O)c2ccc(C(F)(F)F)cc2C2CC2)(c2ccccc2)C1.Cl. The van der Waals surface area contributed by atoms with E-state index in [-0.39, 0.29) is 36.1 Å². The fraction of sp³-hybridized carbons (Fsp3) is 0.435. The minimum atomic E-state index is -4.41. The Morgan fingerprint density at radius 3 is 1.24 bits per heavy atom. The summed E-state index contributed by atoms with van der Waals surface area (Å²) < 4.78 is 79.1. The summed E-state index contributed by atoms with van der Waals surface area (Å²) in [4.78, 5) is 31.0. The van der Waals surface area contributed by atoms with E-state index in [9.17, 15) is 35.9 Å². The van der Waals surface area contributed by atoms with Gasteiger partial charge in [0.15, 0.2) is 0 Å². The topological polar surface area (TPSA) is 64.7 Å². The molecule has 1 unspecified atom stereocenters. The van der Waals surface area contributed by atoms with Gasteiger partial charge in [0.05, 0.1) is 22.2 Å². The molecule has 8 rings (SSSR count). The van der Waals surface area contributed by atoms with Crippen LogP contribution in [0.5, 0.6) is 0 Å². The van der Waals surface area contributed by atoms with Crippen LogP contribution in [0.3, 0.4) is 0 Å². The molecule has 2 amide bonds. The second kappa shape index (κ2) is 17.7. The van der Waals surface area contributed by atoms with Crippen LogP contribution in [-0.4, -0.2) is 61.9 Å². The number of hydrogen-bond acceptors (Lipinski definition) is 4. The number of likely N-dealkylation sites (N-methyl/N-ethyl adjacent to an activating group) is 2. The Kier molecular flexibility index (Phi) is 13.2. The predicted octanol–water partition coefficient (Wildman–Crippen LogP) is 10.3. The van der Waals surface area contributed by atoms with E-state index in [4.69, 9.17) is 0 Å². The molecule has 4 aromatic carbocycles. The molecule has 6 nitrogen and oxygen atoms in total. The summed E-state index contributed by atoms with van der Waals surface area (Å²) in [6.45, 7) is 3.25. The highest BCUT2D eigenvalue weighted by molar-refractivity contribution is 5.97. The van der Waals surface area contributed by atoms with Crippen molar-refractivity contribution in [3.05, 3.63) is 142 Å². The number of benzene rings is 4. The molecule has 2 aliphatic carbocycles. The summed E-state index contributed by atoms with van der Waals surface area (Å²) in [5.74, 6) is -0.501. The third-order valence-corrected chi connectivity index (χ3v) is 12.0. The average Bonchev–Trinajstić information content (AvgIpc) is 4.13. The zero-order valence-corrected chi connectivity index (χ0v) is 34.1. The number of nitrogens with one attached hydrogen (secondary N) is 2. The number of piperidine rings is 2. The Bertz CT molecular complexity index is 1940. The number of rotatable bonds is 8. The van der Waals surface area contributed by atoms with Gasteiger partial charge in [0.2, 0.25) is 0 Å². The Balaban J connectivity index is 0.000000195. The smallest absolute Gasteiger partial charge is 0.341 e. The molecule has 2 aliphatic heterocycles. The first-order valence-electron chi connectivity index (χ1n) is 20.1. The Labute approximate surface area is 348 Å². The molecule has 0 bridgehead atoms. The van der Waals surface area contributed by atoms with Crippen LogP contribution in [-0.2, 0) is 23.4 Å². The fourth-order valence-electron chi connectivity index (χ4n) is 8.80. The van der Waals surface area contributed by atoms with Crippen molar-refractivity contribution >= 4 is 24.2 Å². The largest absolute Gasteiger partial charge is 0.416 e. The molecule has 316 valence electrons. The first-order chi connectivity index (χ1) is 27.6. The number of alkyl halides is 6. The standard InChI is InChI=1S/2C23H25F3N2O.ClH/c2*1-28-13-5-12-22(15-28,17-6-3-2-4-7-17)27-21(29)19-11-10-18(23(24,25)26)14-20(19)16-8-9-16;/h2*2-4,6-7,10-11,14,16H,5,8-9,12-13,15H2,1H3,(H,27,29);1H/t22-;;/m1../s1. The van der Waals surface area contributed by atoms with Gasteiger partial charge in [0.1, 0.15) is 0 Å². The second-order valence-corrected chi connectivity index (χ2v) is 16.6. The number of carbonyl (C=O) groups excluding carboxylic acids is 2. The Morgan fingerprint density at radius 2 is 0.932 bits per heavy atom. The predicted molar refractivity (Wildman–Crippen MR) is 219 cm³/mol. The molecule has 4 fully saturated rings. The van der Waals surface area contributed by atoms with E-state index in [1.54, 1.807) is 0 Å². The minimum absolute atomic E-state index is 0. The number of nitrogens with zero attached hydrogens (tertiary/aromatic N) is 2. The lowest BCUT2D eigenvalue weighted by Crippen LogP contribution is -2.55. The van der Waals surface area contributed by atoms with Gasteiger partial charge in [-0.3, -0.25) is 9.59 Å². The van der Waals surface area contributed by atoms with Crippen molar-refractivity contribution in [1.82, 2.24) is 20.4 Å². The highest BCUT2D eigenvalue weighted by atomic mass is 35.5. The third-order valence-electron chi connectivity index (χ3n) is 12.0. The summed E-state index contributed by atoms with van der Waals surface area (Å²) in [7, 11) is 4.05. The number of halogens is 7. The summed E-state index contributed by atoms with van der Waals surface area (Å²) in [5.41, 5.74) is 1.35. The van der Waals surface area contributed by atoms with Crippen molar-refractivity contribution in [2.75, 3.05) is 40.3 Å². The van der Waals surface area contributed by atoms with E-state index >= 15 is 0 Å². The molecule has 2 saturated heterocycles. The number of carbonyl (C=O) groups is 2. The monoisotopic (exact) mass is 840 g/mol. The van der Waals surface area contributed by atoms with Crippen LogP contribution in [0.15, 0.2) is 97.1 Å². The lowest BCUT2D eigenvalue weighted by atomic mass is 9.82. The molecule has 2 N–H and O–H groups in total. The van der Waals surface area contributed by atoms with Crippen molar-refractivity contribution in [3.63, 3.8) is 0 Å². The maximum Gasteiger partial charge on any atom is 0.416 e. The van der Waals surface area contributed by atoms with Crippen LogP contribution in [0.2, 0.25) is 0 Å². The van der Waals surface area contributed by atoms with E-state index in [1.807, 2.05) is 74.8 Å². The van der Waals surface area contributed by atoms with Crippen molar-refractivity contribution in [2.45, 2.75) is 86.6 Å². The van der Waals surface area contributed by atoms with Crippen molar-refractivity contribution < 1.29 is 35.9 Å². The van der Waals surface area contributed by atoms with Crippen LogP contribution >= 0.6 is 12.4 Å². The molecule has 0 spiro atoms. The maximum absolute atomic E-state index is 13.3. The van der Waals surface area contributed by atoms with Crippen LogP contribution in [0.25, 0.3) is 0 Å². The lowest BCUT2D eigenvalue weighted by Gasteiger charge is -2.42. The van der Waals surface area contributed by atoms with E-state index in [0.717, 1.165) is 99.8 Å². The van der Waals surface area contributed by atoms with E-state index in [1.165, 1.54) is 12.1 Å². The van der Waals surface area contributed by atoms with E-state index < -0.39 is 34.6 Å². The van der Waals surface area contributed by atoms with Gasteiger partial charge in [-0.1, -0.05) is 60.7 Å². The summed E-state index contributed by atoms with van der Waals surface area (Å²) in [6, 6.07) is 26.8. The summed E-state index contributed by atoms with van der Waals surface area (Å²) >= 11 is 0. The van der Waals surface area contributed by atoms with Gasteiger partial charge in [-0.15, -0.1) is 12.4 Å². The van der Waals surface area contributed by atoms with E-state index in [2.05, 4.69) is 20.4 Å². The molecular formula is C46H51ClF6N4O2. The molecule has 2 saturated carbocycles. The summed E-state index contributed by atoms with van der Waals surface area (Å²) in [5, 5.41) is 6.43. The molecule has 2 atom stereocenters. The highest BCUT2D eigenvalue weighted by Crippen LogP contribution is 2.45. The molecule has 13 heteroatoms. The van der Waals surface area contributed by atoms with Crippen molar-refractivity contribution in [3.8, 4) is 0 Å². The number of amides is 2. The minimum Gasteiger partial charge on any atom is -0.341 e. The molecule has 4 aliphatic rings. The number of hydrogen-bond donors (Lipinski definition) is 2. The highest BCUT2D eigenvalue weighted by Gasteiger charge is 2.42. The van der Waals surface area contributed by atoms with E-state index in [0.29, 0.717) is 35.3 Å². The lowest BCUT2D eigenvalue weighted by molar-refractivity contribution is -0.138. The summed E-state index contributed by atoms with van der Waals surface area (Å²) in [6.07, 6.45) is -2.03. The Morgan fingerprint density at radius 1 is 0.576 bits per heavy atom. The Hall–Kier alpha value is -4.39. The van der Waals surface area contributed by atoms with Crippen LogP contribution in [0.4, 0.5) is 26.3 Å². The first-order valence-corrected chi connectivity index (χ1v) is 20.1. The zero-order valence-electron chi connectivity index (χ0n) is 33.3. The quantitative estimate of drug-likeness (QED) is 0.174. The first kappa shape index (κ1) is 44.2. The van der Waals surface area contributed by atoms with Crippen LogP contribution in [0, 0.1) is 0 Å². The van der Waals surface area contributed by atoms with Gasteiger partial charge in [-0.2, -0.15) is 26.3 Å². The van der Waals surface area contributed by atoms with Crippen LogP contribution in [0.1, 0.15) is 117 Å². The number of likely N-dealkylation sites (tertiary alicyclic amines) is 2. The van der Waals surface area contributed by atoms with Gasteiger partial charge in [-0.25, -0.2) is 0 Å². The van der Waals surface area contributed by atoms with Gasteiger partial charge >= 0.3 is 12.4 Å². The van der Waals surface area contributed by atoms with Crippen LogP contribution < -0.4 is 10.6 Å². The van der Waals surface area contributed by atoms with Gasteiger partial charge in [0.25, 0.3) is 11.8 Å². The van der Waals surface area contributed by atoms with Gasteiger partial charge < -0.3 is 20.4 Å². The normalized spacial score (nSPS) is 22.6. The molecular weight excluding hydrogens is 790 g/mol. The third kappa shape index (κ3) is 10.3. The maximum atomic E-state index is 13.3. The molecule has 2 heterocycles. The fourth-order valence-corrected chi connectivity index (χ4v) is 8.80. The van der Waals surface area contributed by atoms with Gasteiger partial charge in [0, 0.05) is 24.2 Å². The average molecular weight is 841 g/mol. The molecule has 0 aromatic heterocycles. The molecule has 0 radical (unpaired) electrons. The zero-order chi connectivity index (χ0) is 41.3.